The molecule has 0 aliphatic rings. The normalized spacial score (nSPS) is 10.8. The van der Waals surface area contributed by atoms with Crippen LogP contribution in [-0.4, -0.2) is 0 Å². The molecule has 3 heteroatoms. The van der Waals surface area contributed by atoms with Gasteiger partial charge in [-0.1, -0.05) is 17.4 Å². The quantitative estimate of drug-likeness (QED) is 0.623. The molecule has 2 rings (SSSR count). The average molecular weight is 180 g/mol. The van der Waals surface area contributed by atoms with Crippen LogP contribution in [0.4, 0.5) is 0 Å². The number of fused-ring (bicyclic) bond motifs is 1. The van der Waals surface area contributed by atoms with Crippen molar-refractivity contribution in [3.05, 3.63) is 33.0 Å². The van der Waals surface area contributed by atoms with E-state index in [1.807, 2.05) is 26.0 Å². The Hall–Kier alpha value is -1.09. The Morgan fingerprint density at radius 3 is 2.83 bits per heavy atom. The molecule has 0 unspecified atom stereocenters. The summed E-state index contributed by atoms with van der Waals surface area (Å²) in [5.41, 5.74) is 2.93. The van der Waals surface area contributed by atoms with Gasteiger partial charge in [-0.15, -0.1) is 0 Å². The van der Waals surface area contributed by atoms with E-state index in [2.05, 4.69) is 0 Å². The molecule has 1 aromatic heterocycles. The first-order chi connectivity index (χ1) is 5.66. The van der Waals surface area contributed by atoms with Crippen LogP contribution < -0.4 is 4.94 Å². The molecule has 0 saturated carbocycles. The van der Waals surface area contributed by atoms with Gasteiger partial charge in [-0.2, -0.15) is 0 Å². The SMILES string of the molecule is Cc1cc(C)c2oc(=O)sc2c1. The van der Waals surface area contributed by atoms with Crippen molar-refractivity contribution in [1.82, 2.24) is 0 Å². The van der Waals surface area contributed by atoms with Crippen molar-refractivity contribution in [1.29, 1.82) is 0 Å². The Morgan fingerprint density at radius 2 is 2.08 bits per heavy atom. The number of hydrogen-bond donors (Lipinski definition) is 0. The summed E-state index contributed by atoms with van der Waals surface area (Å²) >= 11 is 1.16. The summed E-state index contributed by atoms with van der Waals surface area (Å²) in [4.78, 5) is 10.7. The first-order valence-corrected chi connectivity index (χ1v) is 4.49. The van der Waals surface area contributed by atoms with Gasteiger partial charge in [-0.25, -0.2) is 4.79 Å². The summed E-state index contributed by atoms with van der Waals surface area (Å²) in [6, 6.07) is 3.98. The molecule has 12 heavy (non-hydrogen) atoms. The smallest absolute Gasteiger partial charge is 0.396 e. The first kappa shape index (κ1) is 7.55. The van der Waals surface area contributed by atoms with Gasteiger partial charge in [0.25, 0.3) is 0 Å². The molecule has 0 fully saturated rings. The third-order valence-electron chi connectivity index (χ3n) is 1.76. The van der Waals surface area contributed by atoms with Crippen molar-refractivity contribution in [3.8, 4) is 0 Å². The first-order valence-electron chi connectivity index (χ1n) is 3.68. The van der Waals surface area contributed by atoms with Crippen LogP contribution in [0.5, 0.6) is 0 Å². The number of aryl methyl sites for hydroxylation is 2. The molecule has 1 aromatic carbocycles. The van der Waals surface area contributed by atoms with Gasteiger partial charge >= 0.3 is 4.94 Å². The third-order valence-corrected chi connectivity index (χ3v) is 2.54. The third kappa shape index (κ3) is 1.06. The fraction of sp³-hybridized carbons (Fsp3) is 0.222. The highest BCUT2D eigenvalue weighted by Gasteiger charge is 2.04. The standard InChI is InChI=1S/C9H8O2S/c1-5-3-6(2)8-7(4-5)12-9(10)11-8/h3-4H,1-2H3. The Labute approximate surface area is 73.4 Å². The van der Waals surface area contributed by atoms with Crippen LogP contribution in [0.1, 0.15) is 11.1 Å². The predicted molar refractivity (Wildman–Crippen MR) is 49.8 cm³/mol. The molecule has 62 valence electrons. The lowest BCUT2D eigenvalue weighted by Crippen LogP contribution is -1.80. The Balaban J connectivity index is 2.97. The molecule has 0 amide bonds. The van der Waals surface area contributed by atoms with E-state index < -0.39 is 0 Å². The molecule has 0 N–H and O–H groups in total. The lowest BCUT2D eigenvalue weighted by atomic mass is 10.1. The van der Waals surface area contributed by atoms with Crippen LogP contribution in [-0.2, 0) is 0 Å². The van der Waals surface area contributed by atoms with E-state index in [1.165, 1.54) is 0 Å². The molecule has 0 atom stereocenters. The van der Waals surface area contributed by atoms with E-state index >= 15 is 0 Å². The molecule has 0 saturated heterocycles. The Bertz CT molecular complexity index is 479. The summed E-state index contributed by atoms with van der Waals surface area (Å²) in [6.07, 6.45) is 0. The highest BCUT2D eigenvalue weighted by Crippen LogP contribution is 2.22. The minimum absolute atomic E-state index is 0.223. The van der Waals surface area contributed by atoms with E-state index in [0.29, 0.717) is 0 Å². The van der Waals surface area contributed by atoms with Crippen LogP contribution in [0.15, 0.2) is 21.3 Å². The molecular weight excluding hydrogens is 172 g/mol. The molecule has 0 aliphatic carbocycles. The summed E-state index contributed by atoms with van der Waals surface area (Å²) in [7, 11) is 0. The molecule has 1 heterocycles. The van der Waals surface area contributed by atoms with Crippen molar-refractivity contribution < 1.29 is 4.42 Å². The average Bonchev–Trinajstić information content (AvgIpc) is 2.29. The molecule has 0 bridgehead atoms. The lowest BCUT2D eigenvalue weighted by Gasteiger charge is -1.94. The minimum atomic E-state index is -0.223. The van der Waals surface area contributed by atoms with Crippen molar-refractivity contribution in [2.45, 2.75) is 13.8 Å². The molecule has 2 aromatic rings. The second-order valence-electron chi connectivity index (χ2n) is 2.86. The maximum Gasteiger partial charge on any atom is 0.396 e. The zero-order chi connectivity index (χ0) is 8.72. The van der Waals surface area contributed by atoms with E-state index in [4.69, 9.17) is 4.42 Å². The molecule has 0 aliphatic heterocycles. The second kappa shape index (κ2) is 2.45. The predicted octanol–water partition coefficient (Wildman–Crippen LogP) is 2.47. The fourth-order valence-electron chi connectivity index (χ4n) is 1.32. The van der Waals surface area contributed by atoms with Gasteiger partial charge in [0.1, 0.15) is 0 Å². The molecule has 0 radical (unpaired) electrons. The van der Waals surface area contributed by atoms with Gasteiger partial charge in [0.05, 0.1) is 4.70 Å². The van der Waals surface area contributed by atoms with Crippen molar-refractivity contribution in [3.63, 3.8) is 0 Å². The minimum Gasteiger partial charge on any atom is -0.414 e. The topological polar surface area (TPSA) is 30.2 Å². The summed E-state index contributed by atoms with van der Waals surface area (Å²) in [5, 5.41) is 0. The van der Waals surface area contributed by atoms with Gasteiger partial charge in [0, 0.05) is 0 Å². The molecule has 2 nitrogen and oxygen atoms in total. The zero-order valence-electron chi connectivity index (χ0n) is 6.88. The molecule has 0 spiro atoms. The van der Waals surface area contributed by atoms with E-state index in [9.17, 15) is 4.79 Å². The largest absolute Gasteiger partial charge is 0.414 e. The summed E-state index contributed by atoms with van der Waals surface area (Å²) < 4.78 is 5.96. The van der Waals surface area contributed by atoms with Crippen molar-refractivity contribution >= 4 is 21.6 Å². The van der Waals surface area contributed by atoms with E-state index in [-0.39, 0.29) is 4.94 Å². The maximum absolute atomic E-state index is 10.9. The fourth-order valence-corrected chi connectivity index (χ4v) is 2.16. The van der Waals surface area contributed by atoms with Crippen LogP contribution in [0.3, 0.4) is 0 Å². The van der Waals surface area contributed by atoms with Crippen LogP contribution in [0, 0.1) is 13.8 Å². The zero-order valence-corrected chi connectivity index (χ0v) is 7.70. The lowest BCUT2D eigenvalue weighted by molar-refractivity contribution is 0.583. The highest BCUT2D eigenvalue weighted by molar-refractivity contribution is 7.16. The number of benzene rings is 1. The second-order valence-corrected chi connectivity index (χ2v) is 3.84. The van der Waals surface area contributed by atoms with Gasteiger partial charge < -0.3 is 4.42 Å². The van der Waals surface area contributed by atoms with Crippen LogP contribution in [0.25, 0.3) is 10.3 Å². The Kier molecular flexibility index (Phi) is 1.54. The van der Waals surface area contributed by atoms with Crippen molar-refractivity contribution in [2.24, 2.45) is 0 Å². The van der Waals surface area contributed by atoms with Gasteiger partial charge in [0.15, 0.2) is 5.58 Å². The van der Waals surface area contributed by atoms with Crippen LogP contribution >= 0.6 is 11.3 Å². The molecular formula is C9H8O2S. The van der Waals surface area contributed by atoms with E-state index in [1.54, 1.807) is 0 Å². The van der Waals surface area contributed by atoms with Crippen LogP contribution in [0.2, 0.25) is 0 Å². The summed E-state index contributed by atoms with van der Waals surface area (Å²) in [5.74, 6) is 0. The maximum atomic E-state index is 10.9. The van der Waals surface area contributed by atoms with Gasteiger partial charge in [-0.3, -0.25) is 0 Å². The van der Waals surface area contributed by atoms with E-state index in [0.717, 1.165) is 32.7 Å². The number of hydrogen-bond acceptors (Lipinski definition) is 3. The van der Waals surface area contributed by atoms with Gasteiger partial charge in [0.2, 0.25) is 0 Å². The van der Waals surface area contributed by atoms with Gasteiger partial charge in [-0.05, 0) is 31.0 Å². The number of rotatable bonds is 0. The van der Waals surface area contributed by atoms with Crippen molar-refractivity contribution in [2.75, 3.05) is 0 Å². The summed E-state index contributed by atoms with van der Waals surface area (Å²) in [6.45, 7) is 3.96. The Morgan fingerprint density at radius 1 is 1.33 bits per heavy atom. The highest BCUT2D eigenvalue weighted by atomic mass is 32.1. The monoisotopic (exact) mass is 180 g/mol.